The molecule has 1 aromatic rings. The van der Waals surface area contributed by atoms with Crippen LogP contribution < -0.4 is 5.32 Å². The largest absolute Gasteiger partial charge is 0.423 e. The van der Waals surface area contributed by atoms with Crippen LogP contribution in [-0.2, 0) is 0 Å². The molecule has 1 aromatic heterocycles. The Labute approximate surface area is 110 Å². The second kappa shape index (κ2) is 4.34. The molecule has 1 heterocycles. The fourth-order valence-corrected chi connectivity index (χ4v) is 2.80. The molecular weight excluding hydrogens is 226 g/mol. The van der Waals surface area contributed by atoms with Gasteiger partial charge in [-0.15, -0.1) is 10.2 Å². The van der Waals surface area contributed by atoms with Crippen LogP contribution in [0.1, 0.15) is 71.7 Å². The van der Waals surface area contributed by atoms with Crippen LogP contribution in [0, 0.1) is 10.8 Å². The molecule has 0 aromatic carbocycles. The van der Waals surface area contributed by atoms with Gasteiger partial charge in [0, 0.05) is 5.92 Å². The first-order valence-electron chi connectivity index (χ1n) is 6.89. The Morgan fingerprint density at radius 1 is 1.22 bits per heavy atom. The first-order chi connectivity index (χ1) is 8.32. The van der Waals surface area contributed by atoms with E-state index in [0.29, 0.717) is 11.8 Å². The van der Waals surface area contributed by atoms with Crippen molar-refractivity contribution in [1.82, 2.24) is 15.5 Å². The van der Waals surface area contributed by atoms with Crippen LogP contribution in [0.3, 0.4) is 0 Å². The molecule has 1 aliphatic carbocycles. The highest BCUT2D eigenvalue weighted by molar-refractivity contribution is 5.24. The second-order valence-corrected chi connectivity index (χ2v) is 6.53. The summed E-state index contributed by atoms with van der Waals surface area (Å²) in [6.07, 6.45) is 1.11. The molecule has 1 atom stereocenters. The van der Waals surface area contributed by atoms with Gasteiger partial charge in [0.25, 0.3) is 0 Å². The van der Waals surface area contributed by atoms with Crippen LogP contribution in [0.2, 0.25) is 0 Å². The third-order valence-electron chi connectivity index (χ3n) is 4.79. The van der Waals surface area contributed by atoms with Gasteiger partial charge < -0.3 is 9.73 Å². The lowest BCUT2D eigenvalue weighted by Crippen LogP contribution is -2.19. The molecule has 102 valence electrons. The van der Waals surface area contributed by atoms with E-state index in [1.54, 1.807) is 0 Å². The number of rotatable bonds is 5. The highest BCUT2D eigenvalue weighted by Crippen LogP contribution is 2.73. The minimum atomic E-state index is 0.135. The minimum absolute atomic E-state index is 0.135. The molecule has 4 nitrogen and oxygen atoms in total. The molecule has 1 fully saturated rings. The molecule has 1 unspecified atom stereocenters. The fourth-order valence-electron chi connectivity index (χ4n) is 2.80. The van der Waals surface area contributed by atoms with E-state index >= 15 is 0 Å². The van der Waals surface area contributed by atoms with Crippen molar-refractivity contribution in [1.29, 1.82) is 0 Å². The SMILES string of the molecule is CCCNC(C)c1nnc(C2C(C)(C)C2(C)C)o1. The van der Waals surface area contributed by atoms with E-state index in [9.17, 15) is 0 Å². The Morgan fingerprint density at radius 2 is 1.83 bits per heavy atom. The van der Waals surface area contributed by atoms with E-state index < -0.39 is 0 Å². The average Bonchev–Trinajstić information content (AvgIpc) is 2.69. The predicted molar refractivity (Wildman–Crippen MR) is 71.3 cm³/mol. The zero-order valence-corrected chi connectivity index (χ0v) is 12.4. The van der Waals surface area contributed by atoms with Gasteiger partial charge in [-0.05, 0) is 30.7 Å². The van der Waals surface area contributed by atoms with Crippen molar-refractivity contribution in [2.45, 2.75) is 59.9 Å². The molecule has 0 aliphatic heterocycles. The third-order valence-corrected chi connectivity index (χ3v) is 4.79. The molecule has 0 saturated heterocycles. The lowest BCUT2D eigenvalue weighted by molar-refractivity contribution is 0.383. The van der Waals surface area contributed by atoms with Gasteiger partial charge >= 0.3 is 0 Å². The topological polar surface area (TPSA) is 51.0 Å². The van der Waals surface area contributed by atoms with Gasteiger partial charge in [0.15, 0.2) is 0 Å². The maximum absolute atomic E-state index is 5.85. The Hall–Kier alpha value is -0.900. The summed E-state index contributed by atoms with van der Waals surface area (Å²) in [5.41, 5.74) is 0.494. The highest BCUT2D eigenvalue weighted by atomic mass is 16.4. The Morgan fingerprint density at radius 3 is 2.33 bits per heavy atom. The molecule has 0 amide bonds. The molecule has 1 aliphatic rings. The first-order valence-corrected chi connectivity index (χ1v) is 6.89. The Bertz CT molecular complexity index is 408. The second-order valence-electron chi connectivity index (χ2n) is 6.53. The van der Waals surface area contributed by atoms with Crippen LogP contribution in [0.15, 0.2) is 4.42 Å². The van der Waals surface area contributed by atoms with Crippen molar-refractivity contribution in [2.75, 3.05) is 6.54 Å². The molecule has 0 spiro atoms. The molecule has 2 rings (SSSR count). The summed E-state index contributed by atoms with van der Waals surface area (Å²) < 4.78 is 5.85. The molecule has 1 N–H and O–H groups in total. The van der Waals surface area contributed by atoms with Crippen LogP contribution >= 0.6 is 0 Å². The van der Waals surface area contributed by atoms with Crippen LogP contribution in [-0.4, -0.2) is 16.7 Å². The van der Waals surface area contributed by atoms with Crippen molar-refractivity contribution in [2.24, 2.45) is 10.8 Å². The van der Waals surface area contributed by atoms with Crippen molar-refractivity contribution >= 4 is 0 Å². The molecular formula is C14H25N3O. The van der Waals surface area contributed by atoms with E-state index in [0.717, 1.165) is 18.9 Å². The molecule has 0 radical (unpaired) electrons. The average molecular weight is 251 g/mol. The van der Waals surface area contributed by atoms with Gasteiger partial charge in [-0.25, -0.2) is 0 Å². The van der Waals surface area contributed by atoms with E-state index in [4.69, 9.17) is 4.42 Å². The Balaban J connectivity index is 2.08. The van der Waals surface area contributed by atoms with Crippen molar-refractivity contribution in [3.63, 3.8) is 0 Å². The zero-order chi connectivity index (χ0) is 13.6. The van der Waals surface area contributed by atoms with E-state index in [1.165, 1.54) is 0 Å². The summed E-state index contributed by atoms with van der Waals surface area (Å²) in [5.74, 6) is 1.88. The monoisotopic (exact) mass is 251 g/mol. The van der Waals surface area contributed by atoms with Gasteiger partial charge in [0.1, 0.15) is 0 Å². The lowest BCUT2D eigenvalue weighted by atomic mass is 10.0. The van der Waals surface area contributed by atoms with Crippen LogP contribution in [0.4, 0.5) is 0 Å². The van der Waals surface area contributed by atoms with Crippen molar-refractivity contribution < 1.29 is 4.42 Å². The predicted octanol–water partition coefficient (Wildman–Crippen LogP) is 3.28. The minimum Gasteiger partial charge on any atom is -0.423 e. The van der Waals surface area contributed by atoms with Crippen molar-refractivity contribution in [3.05, 3.63) is 11.8 Å². The normalized spacial score (nSPS) is 23.0. The van der Waals surface area contributed by atoms with Crippen LogP contribution in [0.5, 0.6) is 0 Å². The summed E-state index contributed by atoms with van der Waals surface area (Å²) >= 11 is 0. The maximum atomic E-state index is 5.85. The number of hydrogen-bond acceptors (Lipinski definition) is 4. The van der Waals surface area contributed by atoms with Crippen LogP contribution in [0.25, 0.3) is 0 Å². The van der Waals surface area contributed by atoms with Gasteiger partial charge in [-0.1, -0.05) is 34.6 Å². The summed E-state index contributed by atoms with van der Waals surface area (Å²) in [4.78, 5) is 0. The zero-order valence-electron chi connectivity index (χ0n) is 12.4. The number of nitrogens with zero attached hydrogens (tertiary/aromatic N) is 2. The smallest absolute Gasteiger partial charge is 0.233 e. The highest BCUT2D eigenvalue weighted by Gasteiger charge is 2.67. The van der Waals surface area contributed by atoms with Gasteiger partial charge in [-0.3, -0.25) is 0 Å². The lowest BCUT2D eigenvalue weighted by Gasteiger charge is -2.07. The van der Waals surface area contributed by atoms with Crippen molar-refractivity contribution in [3.8, 4) is 0 Å². The summed E-state index contributed by atoms with van der Waals surface area (Å²) in [6, 6.07) is 0.135. The number of aromatic nitrogens is 2. The van der Waals surface area contributed by atoms with Gasteiger partial charge in [-0.2, -0.15) is 0 Å². The number of nitrogens with one attached hydrogen (secondary N) is 1. The first kappa shape index (κ1) is 13.5. The molecule has 1 saturated carbocycles. The quantitative estimate of drug-likeness (QED) is 0.872. The summed E-state index contributed by atoms with van der Waals surface area (Å²) in [5, 5.41) is 11.8. The standard InChI is InChI=1S/C14H25N3O/c1-7-8-15-9(2)11-16-17-12(18-11)10-13(3,4)14(10,5)6/h9-10,15H,7-8H2,1-6H3. The van der Waals surface area contributed by atoms with E-state index in [2.05, 4.69) is 57.1 Å². The Kier molecular flexibility index (Phi) is 3.26. The molecule has 18 heavy (non-hydrogen) atoms. The molecule has 0 bridgehead atoms. The molecule has 4 heteroatoms. The van der Waals surface area contributed by atoms with E-state index in [1.807, 2.05) is 0 Å². The third kappa shape index (κ3) is 1.96. The fraction of sp³-hybridized carbons (Fsp3) is 0.857. The van der Waals surface area contributed by atoms with Gasteiger partial charge in [0.05, 0.1) is 6.04 Å². The maximum Gasteiger partial charge on any atom is 0.233 e. The van der Waals surface area contributed by atoms with E-state index in [-0.39, 0.29) is 16.9 Å². The summed E-state index contributed by atoms with van der Waals surface area (Å²) in [6.45, 7) is 14.2. The number of hydrogen-bond donors (Lipinski definition) is 1. The van der Waals surface area contributed by atoms with Gasteiger partial charge in [0.2, 0.25) is 11.8 Å². The summed E-state index contributed by atoms with van der Waals surface area (Å²) in [7, 11) is 0.